The molecule has 134 valence electrons. The molecule has 1 aromatic carbocycles. The number of fused-ring (bicyclic) bond motifs is 1. The van der Waals surface area contributed by atoms with E-state index in [4.69, 9.17) is 14.2 Å². The van der Waals surface area contributed by atoms with E-state index >= 15 is 0 Å². The Hall–Kier alpha value is -1.50. The molecule has 24 heavy (non-hydrogen) atoms. The van der Waals surface area contributed by atoms with Crippen LogP contribution in [0.15, 0.2) is 12.1 Å². The number of ether oxygens (including phenoxy) is 3. The quantitative estimate of drug-likeness (QED) is 0.710. The number of amides is 1. The van der Waals surface area contributed by atoms with Crippen molar-refractivity contribution >= 4 is 11.6 Å². The van der Waals surface area contributed by atoms with E-state index in [-0.39, 0.29) is 18.3 Å². The van der Waals surface area contributed by atoms with Crippen LogP contribution in [-0.4, -0.2) is 56.9 Å². The summed E-state index contributed by atoms with van der Waals surface area (Å²) in [5.74, 6) is 1.50. The molecule has 0 aromatic heterocycles. The van der Waals surface area contributed by atoms with Crippen LogP contribution < -0.4 is 27.2 Å². The molecule has 6 nitrogen and oxygen atoms in total. The van der Waals surface area contributed by atoms with E-state index in [0.29, 0.717) is 25.4 Å². The second kappa shape index (κ2) is 9.11. The Morgan fingerprint density at radius 3 is 2.46 bits per heavy atom. The van der Waals surface area contributed by atoms with Crippen LogP contribution in [0.2, 0.25) is 0 Å². The van der Waals surface area contributed by atoms with Crippen molar-refractivity contribution in [1.82, 2.24) is 4.90 Å². The minimum Gasteiger partial charge on any atom is -1.00 e. The average molecular weight is 356 g/mol. The van der Waals surface area contributed by atoms with Gasteiger partial charge in [0, 0.05) is 37.8 Å². The van der Waals surface area contributed by atoms with Gasteiger partial charge in [-0.05, 0) is 18.1 Å². The Labute approximate surface area is 148 Å². The van der Waals surface area contributed by atoms with Crippen LogP contribution in [0.3, 0.4) is 0 Å². The Bertz CT molecular complexity index is 562. The molecule has 0 radical (unpaired) electrons. The minimum atomic E-state index is 0. The molecule has 1 N–H and O–H groups in total. The predicted molar refractivity (Wildman–Crippen MR) is 87.3 cm³/mol. The molecule has 0 unspecified atom stereocenters. The molecule has 1 fully saturated rings. The maximum Gasteiger partial charge on any atom is 0.225 e. The van der Waals surface area contributed by atoms with Gasteiger partial charge in [0.2, 0.25) is 5.91 Å². The number of aryl methyl sites for hydroxylation is 1. The highest BCUT2D eigenvalue weighted by Gasteiger charge is 2.17. The summed E-state index contributed by atoms with van der Waals surface area (Å²) in [6, 6.07) is 3.84. The fraction of sp³-hybridized carbons (Fsp3) is 0.588. The zero-order valence-corrected chi connectivity index (χ0v) is 14.7. The lowest BCUT2D eigenvalue weighted by molar-refractivity contribution is -0.116. The number of rotatable bonds is 5. The lowest BCUT2D eigenvalue weighted by Crippen LogP contribution is -3.00. The zero-order chi connectivity index (χ0) is 16.1. The summed E-state index contributed by atoms with van der Waals surface area (Å²) < 4.78 is 16.5. The average Bonchev–Trinajstić information content (AvgIpc) is 2.60. The number of halogens is 1. The number of nitrogens with zero attached hydrogens (tertiary/aromatic N) is 1. The Morgan fingerprint density at radius 2 is 1.79 bits per heavy atom. The Kier molecular flexibility index (Phi) is 7.15. The van der Waals surface area contributed by atoms with Crippen LogP contribution in [0.1, 0.15) is 18.9 Å². The van der Waals surface area contributed by atoms with E-state index < -0.39 is 0 Å². The van der Waals surface area contributed by atoms with E-state index in [0.717, 1.165) is 56.3 Å². The second-order valence-corrected chi connectivity index (χ2v) is 5.76. The molecule has 2 aliphatic rings. The first kappa shape index (κ1) is 18.8. The number of carbonyl (C=O) groups is 1. The van der Waals surface area contributed by atoms with Gasteiger partial charge < -0.3 is 31.9 Å². The summed E-state index contributed by atoms with van der Waals surface area (Å²) in [6.45, 7) is 7.25. The predicted octanol–water partition coefficient (Wildman–Crippen LogP) is -1.31. The van der Waals surface area contributed by atoms with Gasteiger partial charge in [-0.15, -0.1) is 0 Å². The smallest absolute Gasteiger partial charge is 0.225 e. The van der Waals surface area contributed by atoms with Gasteiger partial charge in [0.25, 0.3) is 0 Å². The van der Waals surface area contributed by atoms with Crippen molar-refractivity contribution in [3.8, 4) is 11.5 Å². The molecule has 0 spiro atoms. The van der Waals surface area contributed by atoms with Crippen molar-refractivity contribution in [3.05, 3.63) is 17.7 Å². The van der Waals surface area contributed by atoms with Crippen LogP contribution in [0, 0.1) is 0 Å². The van der Waals surface area contributed by atoms with Crippen molar-refractivity contribution in [2.75, 3.05) is 51.4 Å². The standard InChI is InChI=1S/C17H24N2O4.ClH/c1-2-13-11-15-16(23-10-9-22-15)12-14(13)18-17(20)3-4-19-5-7-21-8-6-19;/h11-12H,2-10H2,1H3,(H,18,20);1H/p-1. The van der Waals surface area contributed by atoms with Crippen LogP contribution in [0.4, 0.5) is 5.69 Å². The van der Waals surface area contributed by atoms with Gasteiger partial charge in [0.15, 0.2) is 11.5 Å². The molecule has 1 aromatic rings. The van der Waals surface area contributed by atoms with Crippen LogP contribution >= 0.6 is 0 Å². The largest absolute Gasteiger partial charge is 1.00 e. The Morgan fingerprint density at radius 1 is 1.12 bits per heavy atom. The van der Waals surface area contributed by atoms with E-state index in [1.807, 2.05) is 12.1 Å². The van der Waals surface area contributed by atoms with Crippen LogP contribution in [0.25, 0.3) is 0 Å². The van der Waals surface area contributed by atoms with Crippen molar-refractivity contribution in [3.63, 3.8) is 0 Å². The van der Waals surface area contributed by atoms with E-state index in [9.17, 15) is 4.79 Å². The van der Waals surface area contributed by atoms with Crippen molar-refractivity contribution in [2.24, 2.45) is 0 Å². The van der Waals surface area contributed by atoms with E-state index in [1.165, 1.54) is 0 Å². The van der Waals surface area contributed by atoms with Gasteiger partial charge >= 0.3 is 0 Å². The monoisotopic (exact) mass is 355 g/mol. The lowest BCUT2D eigenvalue weighted by atomic mass is 10.1. The number of morpholine rings is 1. The summed E-state index contributed by atoms with van der Waals surface area (Å²) in [5.41, 5.74) is 1.89. The molecule has 0 bridgehead atoms. The van der Waals surface area contributed by atoms with Gasteiger partial charge in [0.1, 0.15) is 13.2 Å². The fourth-order valence-corrected chi connectivity index (χ4v) is 2.84. The van der Waals surface area contributed by atoms with Gasteiger partial charge in [0.05, 0.1) is 13.2 Å². The van der Waals surface area contributed by atoms with Gasteiger partial charge in [-0.2, -0.15) is 0 Å². The fourth-order valence-electron chi connectivity index (χ4n) is 2.84. The third kappa shape index (κ3) is 4.75. The Balaban J connectivity index is 0.00000208. The first-order valence-corrected chi connectivity index (χ1v) is 8.28. The van der Waals surface area contributed by atoms with Gasteiger partial charge in [-0.1, -0.05) is 6.92 Å². The molecule has 7 heteroatoms. The van der Waals surface area contributed by atoms with Crippen LogP contribution in [-0.2, 0) is 16.0 Å². The number of hydrogen-bond acceptors (Lipinski definition) is 5. The number of benzene rings is 1. The molecule has 2 heterocycles. The highest BCUT2D eigenvalue weighted by molar-refractivity contribution is 5.92. The zero-order valence-electron chi connectivity index (χ0n) is 14.0. The van der Waals surface area contributed by atoms with E-state index in [2.05, 4.69) is 17.1 Å². The SMILES string of the molecule is CCc1cc2c(cc1NC(=O)CCN1CCOCC1)OCCO2.[Cl-]. The molecule has 3 rings (SSSR count). The molecule has 2 aliphatic heterocycles. The number of hydrogen-bond donors (Lipinski definition) is 1. The normalized spacial score (nSPS) is 17.0. The molecule has 0 saturated carbocycles. The number of carbonyl (C=O) groups excluding carboxylic acids is 1. The summed E-state index contributed by atoms with van der Waals surface area (Å²) in [5, 5.41) is 3.02. The maximum absolute atomic E-state index is 12.3. The molecular formula is C17H24ClN2O4-. The van der Waals surface area contributed by atoms with Gasteiger partial charge in [-0.3, -0.25) is 9.69 Å². The highest BCUT2D eigenvalue weighted by Crippen LogP contribution is 2.35. The third-order valence-corrected chi connectivity index (χ3v) is 4.18. The van der Waals surface area contributed by atoms with Crippen LogP contribution in [0.5, 0.6) is 11.5 Å². The minimum absolute atomic E-state index is 0. The van der Waals surface area contributed by atoms with Crippen molar-refractivity contribution in [1.29, 1.82) is 0 Å². The molecule has 0 aliphatic carbocycles. The molecule has 1 amide bonds. The number of anilines is 1. The summed E-state index contributed by atoms with van der Waals surface area (Å²) in [7, 11) is 0. The summed E-state index contributed by atoms with van der Waals surface area (Å²) >= 11 is 0. The summed E-state index contributed by atoms with van der Waals surface area (Å²) in [4.78, 5) is 14.5. The molecular weight excluding hydrogens is 332 g/mol. The van der Waals surface area contributed by atoms with E-state index in [1.54, 1.807) is 0 Å². The summed E-state index contributed by atoms with van der Waals surface area (Å²) in [6.07, 6.45) is 1.31. The second-order valence-electron chi connectivity index (χ2n) is 5.76. The highest BCUT2D eigenvalue weighted by atomic mass is 35.5. The number of nitrogens with one attached hydrogen (secondary N) is 1. The first-order valence-electron chi connectivity index (χ1n) is 8.28. The van der Waals surface area contributed by atoms with Gasteiger partial charge in [-0.25, -0.2) is 0 Å². The maximum atomic E-state index is 12.3. The topological polar surface area (TPSA) is 60.0 Å². The van der Waals surface area contributed by atoms with Crippen molar-refractivity contribution < 1.29 is 31.4 Å². The third-order valence-electron chi connectivity index (χ3n) is 4.18. The molecule has 0 atom stereocenters. The first-order chi connectivity index (χ1) is 11.3. The lowest BCUT2D eigenvalue weighted by Gasteiger charge is -2.26. The van der Waals surface area contributed by atoms with Crippen molar-refractivity contribution in [2.45, 2.75) is 19.8 Å². The molecule has 1 saturated heterocycles.